The van der Waals surface area contributed by atoms with Gasteiger partial charge in [0.05, 0.1) is 0 Å². The predicted octanol–water partition coefficient (Wildman–Crippen LogP) is -2.62. The van der Waals surface area contributed by atoms with Crippen LogP contribution in [0.25, 0.3) is 0 Å². The number of hydrogen-bond acceptors (Lipinski definition) is 1. The average Bonchev–Trinajstić information content (AvgIpc) is 1.69. The summed E-state index contributed by atoms with van der Waals surface area (Å²) in [6.45, 7) is 0. The number of aromatic nitrogens is 1. The molecule has 1 aromatic rings. The van der Waals surface area contributed by atoms with E-state index in [2.05, 4.69) is 4.98 Å². The molecule has 1 heterocycles. The third-order valence-electron chi connectivity index (χ3n) is 0.681. The van der Waals surface area contributed by atoms with Gasteiger partial charge in [0, 0.05) is 12.3 Å². The molecule has 0 aromatic carbocycles. The van der Waals surface area contributed by atoms with Crippen molar-refractivity contribution < 1.29 is 51.4 Å². The summed E-state index contributed by atoms with van der Waals surface area (Å²) in [5.41, 5.74) is -0.0532. The van der Waals surface area contributed by atoms with Gasteiger partial charge in [-0.1, -0.05) is 6.07 Å². The Bertz CT molecular complexity index is 178. The summed E-state index contributed by atoms with van der Waals surface area (Å²) in [5.74, 6) is 0. The fraction of sp³-hybridized carbons (Fsp3) is 0. The summed E-state index contributed by atoms with van der Waals surface area (Å²) in [7, 11) is 0. The van der Waals surface area contributed by atoms with E-state index in [0.29, 0.717) is 0 Å². The molecule has 0 unspecified atom stereocenters. The molecular formula is C5H5KNO+. The Morgan fingerprint density at radius 1 is 1.38 bits per heavy atom. The number of aromatic amines is 1. The molecule has 0 bridgehead atoms. The van der Waals surface area contributed by atoms with Gasteiger partial charge in [0.25, 0.3) is 0 Å². The van der Waals surface area contributed by atoms with E-state index < -0.39 is 0 Å². The Balaban J connectivity index is 0.000000490. The van der Waals surface area contributed by atoms with Crippen molar-refractivity contribution in [1.29, 1.82) is 0 Å². The zero-order valence-electron chi connectivity index (χ0n) is 4.72. The number of hydrogen-bond donors (Lipinski definition) is 1. The van der Waals surface area contributed by atoms with Crippen LogP contribution in [0.4, 0.5) is 0 Å². The first-order valence-corrected chi connectivity index (χ1v) is 2.03. The first kappa shape index (κ1) is 8.59. The summed E-state index contributed by atoms with van der Waals surface area (Å²) in [5, 5.41) is 0. The van der Waals surface area contributed by atoms with E-state index in [-0.39, 0.29) is 56.9 Å². The Morgan fingerprint density at radius 2 is 2.12 bits per heavy atom. The van der Waals surface area contributed by atoms with Gasteiger partial charge in [-0.2, -0.15) is 0 Å². The third kappa shape index (κ3) is 2.79. The van der Waals surface area contributed by atoms with Crippen LogP contribution in [0.3, 0.4) is 0 Å². The minimum absolute atomic E-state index is 0. The fourth-order valence-corrected chi connectivity index (χ4v) is 0.377. The molecule has 0 aliphatic heterocycles. The molecule has 0 saturated heterocycles. The Hall–Kier alpha value is 0.586. The maximum Gasteiger partial charge on any atom is 1.00 e. The van der Waals surface area contributed by atoms with E-state index in [1.165, 1.54) is 6.07 Å². The standard InChI is InChI=1S/C5H5NO.K/c7-5-3-1-2-4-6-5;/h1-4H,(H,6,7);/q;+1. The molecule has 0 spiro atoms. The van der Waals surface area contributed by atoms with Crippen LogP contribution in [-0.2, 0) is 0 Å². The van der Waals surface area contributed by atoms with E-state index in [1.807, 2.05) is 0 Å². The van der Waals surface area contributed by atoms with Gasteiger partial charge in [-0.15, -0.1) is 0 Å². The van der Waals surface area contributed by atoms with Crippen molar-refractivity contribution in [3.05, 3.63) is 34.7 Å². The minimum atomic E-state index is -0.0532. The molecule has 1 rings (SSSR count). The van der Waals surface area contributed by atoms with Gasteiger partial charge >= 0.3 is 51.4 Å². The molecule has 1 N–H and O–H groups in total. The molecular weight excluding hydrogens is 129 g/mol. The first-order chi connectivity index (χ1) is 3.39. The van der Waals surface area contributed by atoms with Crippen LogP contribution in [0.2, 0.25) is 0 Å². The minimum Gasteiger partial charge on any atom is -0.329 e. The van der Waals surface area contributed by atoms with Crippen LogP contribution in [0, 0.1) is 0 Å². The van der Waals surface area contributed by atoms with Crippen LogP contribution in [-0.4, -0.2) is 4.98 Å². The summed E-state index contributed by atoms with van der Waals surface area (Å²) in [6.07, 6.45) is 1.60. The largest absolute Gasteiger partial charge is 1.00 e. The normalized spacial score (nSPS) is 7.50. The monoisotopic (exact) mass is 134 g/mol. The summed E-state index contributed by atoms with van der Waals surface area (Å²) >= 11 is 0. The van der Waals surface area contributed by atoms with Crippen molar-refractivity contribution in [3.8, 4) is 0 Å². The number of pyridine rings is 1. The van der Waals surface area contributed by atoms with Gasteiger partial charge in [-0.25, -0.2) is 0 Å². The van der Waals surface area contributed by atoms with Crippen LogP contribution < -0.4 is 56.9 Å². The van der Waals surface area contributed by atoms with Crippen molar-refractivity contribution in [1.82, 2.24) is 4.98 Å². The molecule has 0 aliphatic rings. The van der Waals surface area contributed by atoms with Gasteiger partial charge < -0.3 is 4.98 Å². The molecule has 3 heteroatoms. The van der Waals surface area contributed by atoms with Crippen molar-refractivity contribution in [2.24, 2.45) is 0 Å². The molecule has 2 nitrogen and oxygen atoms in total. The van der Waals surface area contributed by atoms with Crippen molar-refractivity contribution >= 4 is 0 Å². The number of nitrogens with one attached hydrogen (secondary N) is 1. The van der Waals surface area contributed by atoms with Gasteiger partial charge in [0.2, 0.25) is 5.56 Å². The zero-order valence-corrected chi connectivity index (χ0v) is 7.84. The number of H-pyrrole nitrogens is 1. The SMILES string of the molecule is O=c1cccc[nH]1.[K+]. The molecule has 8 heavy (non-hydrogen) atoms. The van der Waals surface area contributed by atoms with E-state index in [9.17, 15) is 4.79 Å². The van der Waals surface area contributed by atoms with Crippen LogP contribution >= 0.6 is 0 Å². The summed E-state index contributed by atoms with van der Waals surface area (Å²) in [4.78, 5) is 12.7. The average molecular weight is 134 g/mol. The second-order valence-electron chi connectivity index (χ2n) is 1.23. The molecule has 0 saturated carbocycles. The molecule has 36 valence electrons. The Morgan fingerprint density at radius 3 is 2.38 bits per heavy atom. The maximum atomic E-state index is 10.2. The van der Waals surface area contributed by atoms with Crippen molar-refractivity contribution in [2.45, 2.75) is 0 Å². The molecule has 0 amide bonds. The molecule has 0 fully saturated rings. The van der Waals surface area contributed by atoms with E-state index in [0.717, 1.165) is 0 Å². The second-order valence-corrected chi connectivity index (χ2v) is 1.23. The van der Waals surface area contributed by atoms with E-state index in [4.69, 9.17) is 0 Å². The molecule has 0 radical (unpaired) electrons. The van der Waals surface area contributed by atoms with Gasteiger partial charge in [0.1, 0.15) is 0 Å². The van der Waals surface area contributed by atoms with Gasteiger partial charge in [0.15, 0.2) is 0 Å². The number of rotatable bonds is 0. The summed E-state index contributed by atoms with van der Waals surface area (Å²) < 4.78 is 0. The van der Waals surface area contributed by atoms with Crippen molar-refractivity contribution in [3.63, 3.8) is 0 Å². The maximum absolute atomic E-state index is 10.2. The van der Waals surface area contributed by atoms with Gasteiger partial charge in [-0.05, 0) is 6.07 Å². The quantitative estimate of drug-likeness (QED) is 0.387. The predicted molar refractivity (Wildman–Crippen MR) is 27.1 cm³/mol. The van der Waals surface area contributed by atoms with E-state index in [1.54, 1.807) is 18.3 Å². The first-order valence-electron chi connectivity index (χ1n) is 2.03. The van der Waals surface area contributed by atoms with E-state index >= 15 is 0 Å². The molecule has 1 aromatic heterocycles. The van der Waals surface area contributed by atoms with Gasteiger partial charge in [-0.3, -0.25) is 4.79 Å². The topological polar surface area (TPSA) is 32.9 Å². The van der Waals surface area contributed by atoms with Crippen LogP contribution in [0.5, 0.6) is 0 Å². The smallest absolute Gasteiger partial charge is 0.329 e. The molecule has 0 aliphatic carbocycles. The molecule has 0 atom stereocenters. The van der Waals surface area contributed by atoms with Crippen LogP contribution in [0.15, 0.2) is 29.2 Å². The van der Waals surface area contributed by atoms with Crippen LogP contribution in [0.1, 0.15) is 0 Å². The van der Waals surface area contributed by atoms with Crippen molar-refractivity contribution in [2.75, 3.05) is 0 Å². The third-order valence-corrected chi connectivity index (χ3v) is 0.681. The Labute approximate surface area is 89.7 Å². The second kappa shape index (κ2) is 4.46. The zero-order chi connectivity index (χ0) is 5.11. The fourth-order valence-electron chi connectivity index (χ4n) is 0.377. The Kier molecular flexibility index (Phi) is 4.79. The summed E-state index contributed by atoms with van der Waals surface area (Å²) in [6, 6.07) is 4.93.